The van der Waals surface area contributed by atoms with Crippen LogP contribution in [0.25, 0.3) is 22.7 Å². The SMILES string of the molecule is N#C/C(=C/c1cccc(OCc2ccc(F)cc2)c1)c1nc2ccc(F)cc2[nH]1. The van der Waals surface area contributed by atoms with Gasteiger partial charge in [0.15, 0.2) is 0 Å². The molecule has 0 aliphatic rings. The van der Waals surface area contributed by atoms with Crippen molar-refractivity contribution in [2.45, 2.75) is 6.61 Å². The second kappa shape index (κ2) is 7.95. The van der Waals surface area contributed by atoms with Crippen LogP contribution in [0.3, 0.4) is 0 Å². The summed E-state index contributed by atoms with van der Waals surface area (Å²) in [5, 5.41) is 9.55. The molecule has 0 fully saturated rings. The van der Waals surface area contributed by atoms with Crippen LogP contribution in [0, 0.1) is 23.0 Å². The van der Waals surface area contributed by atoms with Gasteiger partial charge < -0.3 is 9.72 Å². The summed E-state index contributed by atoms with van der Waals surface area (Å²) in [6.07, 6.45) is 1.68. The average molecular weight is 387 g/mol. The second-order valence-electron chi connectivity index (χ2n) is 6.40. The first-order chi connectivity index (χ1) is 14.1. The predicted octanol–water partition coefficient (Wildman–Crippen LogP) is 5.48. The maximum Gasteiger partial charge on any atom is 0.149 e. The Morgan fingerprint density at radius 2 is 1.83 bits per heavy atom. The molecule has 0 amide bonds. The molecule has 29 heavy (non-hydrogen) atoms. The fourth-order valence-corrected chi connectivity index (χ4v) is 2.87. The van der Waals surface area contributed by atoms with Crippen LogP contribution >= 0.6 is 0 Å². The number of fused-ring (bicyclic) bond motifs is 1. The fraction of sp³-hybridized carbons (Fsp3) is 0.0435. The van der Waals surface area contributed by atoms with Crippen molar-refractivity contribution in [3.8, 4) is 11.8 Å². The number of nitriles is 1. The maximum atomic E-state index is 13.4. The van der Waals surface area contributed by atoms with E-state index in [2.05, 4.69) is 16.0 Å². The minimum atomic E-state index is -0.374. The summed E-state index contributed by atoms with van der Waals surface area (Å²) >= 11 is 0. The summed E-state index contributed by atoms with van der Waals surface area (Å²) in [5.74, 6) is 0.317. The van der Waals surface area contributed by atoms with Gasteiger partial charge in [-0.2, -0.15) is 5.26 Å². The zero-order chi connectivity index (χ0) is 20.2. The maximum absolute atomic E-state index is 13.4. The van der Waals surface area contributed by atoms with Crippen LogP contribution in [0.1, 0.15) is 17.0 Å². The van der Waals surface area contributed by atoms with Gasteiger partial charge in [0, 0.05) is 0 Å². The molecule has 0 saturated carbocycles. The molecule has 4 rings (SSSR count). The van der Waals surface area contributed by atoms with Crippen LogP contribution < -0.4 is 4.74 Å². The van der Waals surface area contributed by atoms with Gasteiger partial charge in [-0.05, 0) is 59.7 Å². The lowest BCUT2D eigenvalue weighted by molar-refractivity contribution is 0.306. The summed E-state index contributed by atoms with van der Waals surface area (Å²) < 4.78 is 32.1. The Balaban J connectivity index is 1.56. The molecule has 1 aromatic heterocycles. The highest BCUT2D eigenvalue weighted by Gasteiger charge is 2.09. The second-order valence-corrected chi connectivity index (χ2v) is 6.40. The first-order valence-electron chi connectivity index (χ1n) is 8.85. The number of H-pyrrole nitrogens is 1. The summed E-state index contributed by atoms with van der Waals surface area (Å²) in [4.78, 5) is 7.32. The molecule has 0 saturated heterocycles. The van der Waals surface area contributed by atoms with E-state index in [9.17, 15) is 14.0 Å². The van der Waals surface area contributed by atoms with E-state index in [1.54, 1.807) is 36.4 Å². The Labute approximate surface area is 165 Å². The zero-order valence-corrected chi connectivity index (χ0v) is 15.2. The van der Waals surface area contributed by atoms with Crippen molar-refractivity contribution in [2.75, 3.05) is 0 Å². The molecule has 6 heteroatoms. The van der Waals surface area contributed by atoms with Gasteiger partial charge >= 0.3 is 0 Å². The molecule has 0 bridgehead atoms. The van der Waals surface area contributed by atoms with E-state index in [-0.39, 0.29) is 11.6 Å². The molecule has 0 aliphatic heterocycles. The van der Waals surface area contributed by atoms with Crippen LogP contribution in [0.5, 0.6) is 5.75 Å². The molecule has 1 heterocycles. The Morgan fingerprint density at radius 3 is 2.62 bits per heavy atom. The van der Waals surface area contributed by atoms with Crippen molar-refractivity contribution in [2.24, 2.45) is 0 Å². The minimum Gasteiger partial charge on any atom is -0.489 e. The Morgan fingerprint density at radius 1 is 1.03 bits per heavy atom. The summed E-state index contributed by atoms with van der Waals surface area (Å²) in [6, 6.07) is 19.7. The number of ether oxygens (including phenoxy) is 1. The molecule has 1 N–H and O–H groups in total. The predicted molar refractivity (Wildman–Crippen MR) is 107 cm³/mol. The molecule has 0 aliphatic carbocycles. The van der Waals surface area contributed by atoms with E-state index in [1.165, 1.54) is 24.3 Å². The number of halogens is 2. The third kappa shape index (κ3) is 4.30. The van der Waals surface area contributed by atoms with Crippen LogP contribution in [0.4, 0.5) is 8.78 Å². The fourth-order valence-electron chi connectivity index (χ4n) is 2.87. The smallest absolute Gasteiger partial charge is 0.149 e. The summed E-state index contributed by atoms with van der Waals surface area (Å²) in [7, 11) is 0. The largest absolute Gasteiger partial charge is 0.489 e. The van der Waals surface area contributed by atoms with Crippen molar-refractivity contribution in [3.63, 3.8) is 0 Å². The van der Waals surface area contributed by atoms with Crippen LogP contribution in [0.15, 0.2) is 66.7 Å². The van der Waals surface area contributed by atoms with Gasteiger partial charge in [-0.1, -0.05) is 24.3 Å². The van der Waals surface area contributed by atoms with Gasteiger partial charge in [0.2, 0.25) is 0 Å². The van der Waals surface area contributed by atoms with E-state index in [0.717, 1.165) is 11.1 Å². The van der Waals surface area contributed by atoms with Gasteiger partial charge in [0.1, 0.15) is 35.9 Å². The molecule has 4 nitrogen and oxygen atoms in total. The van der Waals surface area contributed by atoms with Gasteiger partial charge in [0.05, 0.1) is 16.6 Å². The van der Waals surface area contributed by atoms with Crippen molar-refractivity contribution in [3.05, 3.63) is 95.3 Å². The van der Waals surface area contributed by atoms with Gasteiger partial charge in [-0.15, -0.1) is 0 Å². The average Bonchev–Trinajstić information content (AvgIpc) is 3.15. The van der Waals surface area contributed by atoms with Gasteiger partial charge in [0.25, 0.3) is 0 Å². The number of imidazole rings is 1. The van der Waals surface area contributed by atoms with Gasteiger partial charge in [-0.25, -0.2) is 13.8 Å². The quantitative estimate of drug-likeness (QED) is 0.461. The van der Waals surface area contributed by atoms with Crippen LogP contribution in [0.2, 0.25) is 0 Å². The topological polar surface area (TPSA) is 61.7 Å². The number of aromatic amines is 1. The van der Waals surface area contributed by atoms with Crippen molar-refractivity contribution < 1.29 is 13.5 Å². The highest BCUT2D eigenvalue weighted by atomic mass is 19.1. The molecule has 0 spiro atoms. The molecule has 0 radical (unpaired) electrons. The molecular weight excluding hydrogens is 372 g/mol. The van der Waals surface area contributed by atoms with E-state index < -0.39 is 0 Å². The van der Waals surface area contributed by atoms with Crippen molar-refractivity contribution in [1.82, 2.24) is 9.97 Å². The number of hydrogen-bond acceptors (Lipinski definition) is 3. The molecule has 4 aromatic rings. The number of allylic oxidation sites excluding steroid dienone is 1. The third-order valence-corrected chi connectivity index (χ3v) is 4.31. The summed E-state index contributed by atoms with van der Waals surface area (Å²) in [6.45, 7) is 0.299. The number of nitrogens with zero attached hydrogens (tertiary/aromatic N) is 2. The number of hydrogen-bond donors (Lipinski definition) is 1. The number of rotatable bonds is 5. The molecule has 0 unspecified atom stereocenters. The molecular formula is C23H15F2N3O. The van der Waals surface area contributed by atoms with E-state index in [4.69, 9.17) is 4.74 Å². The van der Waals surface area contributed by atoms with Crippen LogP contribution in [-0.4, -0.2) is 9.97 Å². The van der Waals surface area contributed by atoms with Crippen molar-refractivity contribution in [1.29, 1.82) is 5.26 Å². The lowest BCUT2D eigenvalue weighted by Gasteiger charge is -2.07. The highest BCUT2D eigenvalue weighted by molar-refractivity contribution is 5.90. The lowest BCUT2D eigenvalue weighted by Crippen LogP contribution is -1.95. The first kappa shape index (κ1) is 18.4. The van der Waals surface area contributed by atoms with E-state index in [1.807, 2.05) is 12.1 Å². The molecule has 3 aromatic carbocycles. The Kier molecular flexibility index (Phi) is 5.04. The van der Waals surface area contributed by atoms with E-state index >= 15 is 0 Å². The van der Waals surface area contributed by atoms with Crippen LogP contribution in [-0.2, 0) is 6.61 Å². The first-order valence-corrected chi connectivity index (χ1v) is 8.85. The third-order valence-electron chi connectivity index (χ3n) is 4.31. The Hall–Kier alpha value is -3.98. The normalized spacial score (nSPS) is 11.4. The number of benzene rings is 3. The Bertz CT molecular complexity index is 1240. The molecule has 142 valence electrons. The highest BCUT2D eigenvalue weighted by Crippen LogP contribution is 2.22. The lowest BCUT2D eigenvalue weighted by atomic mass is 10.1. The number of aromatic nitrogens is 2. The van der Waals surface area contributed by atoms with Gasteiger partial charge in [-0.3, -0.25) is 0 Å². The standard InChI is InChI=1S/C23H15F2N3O/c24-18-6-4-15(5-7-18)14-29-20-3-1-2-16(11-20)10-17(13-26)23-27-21-9-8-19(25)12-22(21)28-23/h1-12H,14H2,(H,27,28)/b17-10-. The van der Waals surface area contributed by atoms with E-state index in [0.29, 0.717) is 34.8 Å². The number of nitrogens with one attached hydrogen (secondary N) is 1. The minimum absolute atomic E-state index is 0.293. The summed E-state index contributed by atoms with van der Waals surface area (Å²) in [5.41, 5.74) is 3.03. The molecule has 0 atom stereocenters. The zero-order valence-electron chi connectivity index (χ0n) is 15.2. The van der Waals surface area contributed by atoms with Crippen molar-refractivity contribution >= 4 is 22.7 Å². The monoisotopic (exact) mass is 387 g/mol.